The van der Waals surface area contributed by atoms with Gasteiger partial charge in [-0.2, -0.15) is 0 Å². The third-order valence-electron chi connectivity index (χ3n) is 7.98. The fraction of sp³-hybridized carbons (Fsp3) is 0.184. The Bertz CT molecular complexity index is 1460. The van der Waals surface area contributed by atoms with E-state index in [2.05, 4.69) is 121 Å². The Hall–Kier alpha value is -4.25. The highest BCUT2D eigenvalue weighted by atomic mass is 28.3. The van der Waals surface area contributed by atoms with E-state index in [1.807, 2.05) is 42.5 Å². The Kier molecular flexibility index (Phi) is 10.2. The smallest absolute Gasteiger partial charge is 0.251 e. The van der Waals surface area contributed by atoms with Crippen molar-refractivity contribution in [2.24, 2.45) is 5.92 Å². The predicted molar refractivity (Wildman–Crippen MR) is 176 cm³/mol. The van der Waals surface area contributed by atoms with Gasteiger partial charge in [0.25, 0.3) is 5.91 Å². The van der Waals surface area contributed by atoms with Crippen molar-refractivity contribution >= 4 is 24.4 Å². The number of amides is 1. The molecule has 0 heterocycles. The third kappa shape index (κ3) is 7.33. The molecule has 0 aliphatic carbocycles. The van der Waals surface area contributed by atoms with Crippen LogP contribution in [-0.2, 0) is 17.8 Å². The van der Waals surface area contributed by atoms with E-state index in [0.29, 0.717) is 18.8 Å². The maximum absolute atomic E-state index is 13.9. The molecule has 1 unspecified atom stereocenters. The Morgan fingerprint density at radius 1 is 0.643 bits per heavy atom. The number of ether oxygens (including phenoxy) is 1. The zero-order valence-electron chi connectivity index (χ0n) is 24.2. The molecule has 0 radical (unpaired) electrons. The van der Waals surface area contributed by atoms with Crippen LogP contribution in [0.25, 0.3) is 0 Å². The van der Waals surface area contributed by atoms with Crippen LogP contribution in [0.3, 0.4) is 0 Å². The number of hydrogen-bond acceptors (Lipinski definition) is 2. The summed E-state index contributed by atoms with van der Waals surface area (Å²) in [7, 11) is -2.66. The summed E-state index contributed by atoms with van der Waals surface area (Å²) in [5, 5.41) is 6.23. The molecule has 1 N–H and O–H groups in total. The minimum atomic E-state index is -2.66. The summed E-state index contributed by atoms with van der Waals surface area (Å²) < 4.78 is 6.28. The van der Waals surface area contributed by atoms with E-state index in [1.165, 1.54) is 21.5 Å². The number of carbonyl (C=O) groups is 1. The maximum Gasteiger partial charge on any atom is 0.251 e. The van der Waals surface area contributed by atoms with Crippen LogP contribution in [0.15, 0.2) is 152 Å². The summed E-state index contributed by atoms with van der Waals surface area (Å²) in [6.45, 7) is 3.53. The van der Waals surface area contributed by atoms with Gasteiger partial charge in [-0.25, -0.2) is 0 Å². The molecule has 0 aromatic heterocycles. The Morgan fingerprint density at radius 3 is 1.62 bits per heavy atom. The highest BCUT2D eigenvalue weighted by Gasteiger charge is 2.46. The molecule has 0 aliphatic heterocycles. The van der Waals surface area contributed by atoms with Gasteiger partial charge in [0, 0.05) is 17.8 Å². The maximum atomic E-state index is 13.9. The SMILES string of the molecule is C[C@H](COCc1ccccc1)C[Si](c1ccccc1)(c1ccccc1)C(Cc1ccccc1)NC(=O)c1ccccc1. The first kappa shape index (κ1) is 29.2. The first-order valence-corrected chi connectivity index (χ1v) is 17.1. The summed E-state index contributed by atoms with van der Waals surface area (Å²) in [6, 6.07) is 53.2. The van der Waals surface area contributed by atoms with Crippen LogP contribution < -0.4 is 15.7 Å². The zero-order chi connectivity index (χ0) is 29.0. The largest absolute Gasteiger partial charge is 0.377 e. The van der Waals surface area contributed by atoms with Crippen LogP contribution in [0.2, 0.25) is 6.04 Å². The van der Waals surface area contributed by atoms with Crippen LogP contribution in [0, 0.1) is 5.92 Å². The number of benzene rings is 5. The minimum absolute atomic E-state index is 0.0340. The van der Waals surface area contributed by atoms with Gasteiger partial charge in [-0.05, 0) is 41.6 Å². The van der Waals surface area contributed by atoms with Crippen molar-refractivity contribution in [3.8, 4) is 0 Å². The molecule has 5 aromatic carbocycles. The second-order valence-electron chi connectivity index (χ2n) is 11.1. The monoisotopic (exact) mass is 569 g/mol. The Balaban J connectivity index is 1.56. The first-order chi connectivity index (χ1) is 20.6. The zero-order valence-corrected chi connectivity index (χ0v) is 25.2. The van der Waals surface area contributed by atoms with Crippen LogP contribution in [-0.4, -0.2) is 26.3 Å². The average Bonchev–Trinajstić information content (AvgIpc) is 3.05. The van der Waals surface area contributed by atoms with E-state index in [4.69, 9.17) is 4.74 Å². The van der Waals surface area contributed by atoms with Crippen molar-refractivity contribution in [2.75, 3.05) is 6.61 Å². The van der Waals surface area contributed by atoms with Gasteiger partial charge in [-0.1, -0.05) is 157 Å². The van der Waals surface area contributed by atoms with Gasteiger partial charge in [0.2, 0.25) is 0 Å². The van der Waals surface area contributed by atoms with Crippen LogP contribution >= 0.6 is 0 Å². The fourth-order valence-corrected chi connectivity index (χ4v) is 11.7. The lowest BCUT2D eigenvalue weighted by molar-refractivity contribution is 0.0942. The molecule has 0 bridgehead atoms. The molecule has 212 valence electrons. The van der Waals surface area contributed by atoms with Crippen LogP contribution in [0.5, 0.6) is 0 Å². The van der Waals surface area contributed by atoms with Gasteiger partial charge in [0.15, 0.2) is 0 Å². The lowest BCUT2D eigenvalue weighted by Gasteiger charge is -2.42. The first-order valence-electron chi connectivity index (χ1n) is 14.8. The molecule has 1 amide bonds. The summed E-state index contributed by atoms with van der Waals surface area (Å²) in [5.41, 5.74) is 2.98. The standard InChI is InChI=1S/C38H39NO2Si/c1-31(28-41-29-33-19-9-3-10-20-33)30-42(35-23-13-5-14-24-35,36-25-15-6-16-26-36)37(27-32-17-7-2-8-18-32)39-38(40)34-21-11-4-12-22-34/h2-26,31,37H,27-30H2,1H3,(H,39,40)/t31-,37?/m1/s1. The lowest BCUT2D eigenvalue weighted by Crippen LogP contribution is -2.72. The molecule has 0 saturated carbocycles. The summed E-state index contributed by atoms with van der Waals surface area (Å²) in [4.78, 5) is 13.9. The van der Waals surface area contributed by atoms with E-state index in [1.54, 1.807) is 0 Å². The van der Waals surface area contributed by atoms with Crippen molar-refractivity contribution < 1.29 is 9.53 Å². The van der Waals surface area contributed by atoms with Crippen molar-refractivity contribution in [1.29, 1.82) is 0 Å². The number of carbonyl (C=O) groups excluding carboxylic acids is 1. The molecule has 0 saturated heterocycles. The van der Waals surface area contributed by atoms with E-state index in [9.17, 15) is 4.79 Å². The molecule has 0 aliphatic rings. The molecular weight excluding hydrogens is 531 g/mol. The van der Waals surface area contributed by atoms with Crippen molar-refractivity contribution in [2.45, 2.75) is 31.7 Å². The number of hydrogen-bond donors (Lipinski definition) is 1. The Morgan fingerprint density at radius 2 is 1.10 bits per heavy atom. The van der Waals surface area contributed by atoms with Crippen molar-refractivity contribution in [3.05, 3.63) is 168 Å². The molecule has 0 fully saturated rings. The van der Waals surface area contributed by atoms with E-state index >= 15 is 0 Å². The predicted octanol–water partition coefficient (Wildman–Crippen LogP) is 6.68. The molecule has 4 heteroatoms. The van der Waals surface area contributed by atoms with Gasteiger partial charge >= 0.3 is 0 Å². The highest BCUT2D eigenvalue weighted by Crippen LogP contribution is 2.25. The van der Waals surface area contributed by atoms with Crippen LogP contribution in [0.4, 0.5) is 0 Å². The number of rotatable bonds is 13. The summed E-state index contributed by atoms with van der Waals surface area (Å²) in [5.74, 6) is 0.237. The second-order valence-corrected chi connectivity index (χ2v) is 15.3. The molecule has 5 aromatic rings. The van der Waals surface area contributed by atoms with Crippen molar-refractivity contribution in [3.63, 3.8) is 0 Å². The Labute approximate surface area is 251 Å². The summed E-state index contributed by atoms with van der Waals surface area (Å²) >= 11 is 0. The van der Waals surface area contributed by atoms with E-state index in [-0.39, 0.29) is 17.5 Å². The van der Waals surface area contributed by atoms with Crippen LogP contribution in [0.1, 0.15) is 28.4 Å². The van der Waals surface area contributed by atoms with Crippen molar-refractivity contribution in [1.82, 2.24) is 5.32 Å². The molecule has 3 nitrogen and oxygen atoms in total. The van der Waals surface area contributed by atoms with Gasteiger partial charge in [-0.3, -0.25) is 4.79 Å². The van der Waals surface area contributed by atoms with Gasteiger partial charge < -0.3 is 10.1 Å². The van der Waals surface area contributed by atoms with Gasteiger partial charge in [-0.15, -0.1) is 0 Å². The normalized spacial score (nSPS) is 12.8. The van der Waals surface area contributed by atoms with Gasteiger partial charge in [0.1, 0.15) is 8.07 Å². The fourth-order valence-electron chi connectivity index (χ4n) is 6.01. The lowest BCUT2D eigenvalue weighted by atomic mass is 10.1. The minimum Gasteiger partial charge on any atom is -0.377 e. The topological polar surface area (TPSA) is 38.3 Å². The van der Waals surface area contributed by atoms with Gasteiger partial charge in [0.05, 0.1) is 6.61 Å². The molecule has 42 heavy (non-hydrogen) atoms. The molecular formula is C38H39NO2Si. The van der Waals surface area contributed by atoms with E-state index < -0.39 is 8.07 Å². The molecule has 0 spiro atoms. The third-order valence-corrected chi connectivity index (χ3v) is 13.6. The molecule has 2 atom stereocenters. The second kappa shape index (κ2) is 14.6. The highest BCUT2D eigenvalue weighted by molar-refractivity contribution is 7.03. The van der Waals surface area contributed by atoms with E-state index in [0.717, 1.165) is 12.5 Å². The quantitative estimate of drug-likeness (QED) is 0.161. The summed E-state index contributed by atoms with van der Waals surface area (Å²) in [6.07, 6.45) is 0.743. The average molecular weight is 570 g/mol. The molecule has 5 rings (SSSR count). The number of nitrogens with one attached hydrogen (secondary N) is 1.